The monoisotopic (exact) mass is 537 g/mol. The molecule has 210 valence electrons. The number of hydrogen-bond acceptors (Lipinski definition) is 10. The zero-order valence-corrected chi connectivity index (χ0v) is 21.9. The van der Waals surface area contributed by atoms with Crippen LogP contribution in [0.5, 0.6) is 0 Å². The fourth-order valence-corrected chi connectivity index (χ4v) is 5.57. The number of piperazine rings is 1. The molecule has 4 unspecified atom stereocenters. The molecular weight excluding hydrogens is 500 g/mol. The summed E-state index contributed by atoms with van der Waals surface area (Å²) in [4.78, 5) is 48.0. The van der Waals surface area contributed by atoms with Gasteiger partial charge in [-0.15, -0.1) is 4.91 Å². The minimum absolute atomic E-state index is 0.00830. The molecule has 0 bridgehead atoms. The van der Waals surface area contributed by atoms with Gasteiger partial charge in [0.15, 0.2) is 12.0 Å². The molecule has 2 amide bonds. The van der Waals surface area contributed by atoms with E-state index in [1.165, 1.54) is 6.20 Å². The fraction of sp³-hybridized carbons (Fsp3) is 0.708. The first-order chi connectivity index (χ1) is 18.2. The largest absolute Gasteiger partial charge is 0.367 e. The van der Waals surface area contributed by atoms with Crippen LogP contribution in [0.1, 0.15) is 12.8 Å². The molecule has 3 aliphatic rings. The highest BCUT2D eigenvalue weighted by molar-refractivity contribution is 5.96. The van der Waals surface area contributed by atoms with Crippen LogP contribution >= 0.6 is 0 Å². The Morgan fingerprint density at radius 1 is 1.26 bits per heavy atom. The molecule has 0 radical (unpaired) electrons. The number of aromatic nitrogens is 1. The quantitative estimate of drug-likeness (QED) is 0.392. The number of carbonyl (C=O) groups excluding carboxylic acids is 2. The highest BCUT2D eigenvalue weighted by Crippen LogP contribution is 2.33. The lowest BCUT2D eigenvalue weighted by atomic mass is 9.95. The zero-order chi connectivity index (χ0) is 27.4. The van der Waals surface area contributed by atoms with Crippen LogP contribution in [-0.2, 0) is 9.59 Å². The van der Waals surface area contributed by atoms with Crippen molar-refractivity contribution in [2.75, 3.05) is 76.7 Å². The summed E-state index contributed by atoms with van der Waals surface area (Å²) >= 11 is 0. The van der Waals surface area contributed by atoms with Crippen LogP contribution < -0.4 is 21.3 Å². The molecule has 0 aliphatic carbocycles. The summed E-state index contributed by atoms with van der Waals surface area (Å²) in [5.74, 6) is -1.86. The minimum Gasteiger partial charge on any atom is -0.367 e. The number of piperidine rings is 1. The lowest BCUT2D eigenvalue weighted by Gasteiger charge is -2.40. The van der Waals surface area contributed by atoms with E-state index in [2.05, 4.69) is 25.7 Å². The molecule has 3 fully saturated rings. The molecule has 4 rings (SSSR count). The van der Waals surface area contributed by atoms with Gasteiger partial charge < -0.3 is 20.9 Å². The van der Waals surface area contributed by atoms with Gasteiger partial charge in [-0.3, -0.25) is 29.7 Å². The second kappa shape index (κ2) is 12.4. The van der Waals surface area contributed by atoms with Crippen molar-refractivity contribution in [1.82, 2.24) is 25.0 Å². The molecule has 0 spiro atoms. The number of anilines is 2. The number of nitrogens with one attached hydrogen (secondary N) is 2. The van der Waals surface area contributed by atoms with Crippen molar-refractivity contribution in [3.8, 4) is 0 Å². The minimum atomic E-state index is -1.40. The Morgan fingerprint density at radius 2 is 2.00 bits per heavy atom. The highest BCUT2D eigenvalue weighted by Gasteiger charge is 2.40. The molecule has 3 saturated heterocycles. The van der Waals surface area contributed by atoms with Gasteiger partial charge in [0, 0.05) is 52.9 Å². The van der Waals surface area contributed by atoms with Crippen molar-refractivity contribution in [1.29, 1.82) is 0 Å². The van der Waals surface area contributed by atoms with Gasteiger partial charge in [-0.25, -0.2) is 8.78 Å². The van der Waals surface area contributed by atoms with E-state index in [1.807, 2.05) is 11.9 Å². The van der Waals surface area contributed by atoms with Crippen LogP contribution in [0.3, 0.4) is 0 Å². The molecule has 0 saturated carbocycles. The van der Waals surface area contributed by atoms with Crippen molar-refractivity contribution >= 4 is 23.2 Å². The molecular formula is C24H37F2N9O3. The molecule has 4 N–H and O–H groups in total. The van der Waals surface area contributed by atoms with E-state index in [1.54, 1.807) is 16.8 Å². The predicted octanol–water partition coefficient (Wildman–Crippen LogP) is 0.0162. The van der Waals surface area contributed by atoms with Crippen molar-refractivity contribution in [2.45, 2.75) is 31.3 Å². The Balaban J connectivity index is 1.43. The van der Waals surface area contributed by atoms with Crippen LogP contribution in [0.15, 0.2) is 17.6 Å². The number of nitrogens with two attached hydrogens (primary N) is 1. The smallest absolute Gasteiger partial charge is 0.236 e. The maximum Gasteiger partial charge on any atom is 0.236 e. The Bertz CT molecular complexity index is 1010. The number of amides is 2. The molecule has 14 heteroatoms. The van der Waals surface area contributed by atoms with Gasteiger partial charge in [0.05, 0.1) is 30.8 Å². The standard InChI is InChI=1S/C24H37F2N9O3/c1-32-7-8-34(14-19(32)36)12-15-3-5-35(6-4-15)21-17(26)10-28-11-18(21)30-24(37)20(22(27)31-38)23-29-9-16(25)13-33(23)2/h10-11,15-16,20,22-23,29H,3-9,12-14,27H2,1-2H3,(H,30,37). The molecule has 0 aromatic carbocycles. The van der Waals surface area contributed by atoms with Gasteiger partial charge in [-0.2, -0.15) is 0 Å². The Hall–Kier alpha value is -2.81. The second-order valence-electron chi connectivity index (χ2n) is 10.5. The first kappa shape index (κ1) is 28.2. The maximum atomic E-state index is 15.1. The van der Waals surface area contributed by atoms with Crippen molar-refractivity contribution in [3.05, 3.63) is 23.1 Å². The van der Waals surface area contributed by atoms with Gasteiger partial charge in [0.2, 0.25) is 11.8 Å². The van der Waals surface area contributed by atoms with E-state index >= 15 is 4.39 Å². The van der Waals surface area contributed by atoms with Crippen LogP contribution in [0.25, 0.3) is 0 Å². The summed E-state index contributed by atoms with van der Waals surface area (Å²) in [6, 6.07) is 0. The van der Waals surface area contributed by atoms with E-state index in [9.17, 15) is 18.9 Å². The topological polar surface area (TPSA) is 140 Å². The second-order valence-corrected chi connectivity index (χ2v) is 10.5. The van der Waals surface area contributed by atoms with Crippen molar-refractivity contribution in [2.24, 2.45) is 22.7 Å². The summed E-state index contributed by atoms with van der Waals surface area (Å²) in [6.07, 6.45) is 0.828. The number of hydrogen-bond donors (Lipinski definition) is 3. The summed E-state index contributed by atoms with van der Waals surface area (Å²) in [5, 5.41) is 8.48. The summed E-state index contributed by atoms with van der Waals surface area (Å²) in [5.41, 5.74) is 6.28. The Morgan fingerprint density at radius 3 is 2.66 bits per heavy atom. The van der Waals surface area contributed by atoms with Crippen LogP contribution in [-0.4, -0.2) is 116 Å². The average Bonchev–Trinajstić information content (AvgIpc) is 2.88. The number of nitrogens with zero attached hydrogens (tertiary/aromatic N) is 6. The third-order valence-electron chi connectivity index (χ3n) is 7.76. The number of carbonyl (C=O) groups is 2. The van der Waals surface area contributed by atoms with E-state index in [-0.39, 0.29) is 30.4 Å². The number of nitroso groups, excluding NO2 is 1. The molecule has 1 aromatic rings. The van der Waals surface area contributed by atoms with Crippen LogP contribution in [0, 0.1) is 22.6 Å². The van der Waals surface area contributed by atoms with E-state index in [4.69, 9.17) is 5.73 Å². The Labute approximate surface area is 220 Å². The van der Waals surface area contributed by atoms with Gasteiger partial charge in [-0.1, -0.05) is 5.18 Å². The van der Waals surface area contributed by atoms with Crippen molar-refractivity contribution < 1.29 is 18.4 Å². The first-order valence-corrected chi connectivity index (χ1v) is 13.0. The maximum absolute atomic E-state index is 15.1. The molecule has 1 aromatic heterocycles. The van der Waals surface area contributed by atoms with Crippen molar-refractivity contribution in [3.63, 3.8) is 0 Å². The van der Waals surface area contributed by atoms with E-state index in [0.717, 1.165) is 32.1 Å². The van der Waals surface area contributed by atoms with Gasteiger partial charge in [-0.05, 0) is 25.8 Å². The molecule has 38 heavy (non-hydrogen) atoms. The number of pyridine rings is 1. The Kier molecular flexibility index (Phi) is 9.18. The van der Waals surface area contributed by atoms with Crippen LogP contribution in [0.4, 0.5) is 20.2 Å². The fourth-order valence-electron chi connectivity index (χ4n) is 5.57. The predicted molar refractivity (Wildman–Crippen MR) is 138 cm³/mol. The lowest BCUT2D eigenvalue weighted by molar-refractivity contribution is -0.134. The third-order valence-corrected chi connectivity index (χ3v) is 7.76. The lowest BCUT2D eigenvalue weighted by Crippen LogP contribution is -2.62. The average molecular weight is 538 g/mol. The SMILES string of the molecule is CN1CCN(CC2CCN(c3c(F)cncc3NC(=O)C(C(N)N=O)C3NCC(F)CN3C)CC2)CC1=O. The highest BCUT2D eigenvalue weighted by atomic mass is 19.1. The van der Waals surface area contributed by atoms with Gasteiger partial charge in [0.1, 0.15) is 17.8 Å². The summed E-state index contributed by atoms with van der Waals surface area (Å²) < 4.78 is 28.9. The number of rotatable bonds is 8. The number of likely N-dealkylation sites (N-methyl/N-ethyl adjacent to an activating group) is 1. The first-order valence-electron chi connectivity index (χ1n) is 13.0. The molecule has 3 aliphatic heterocycles. The third kappa shape index (κ3) is 6.42. The normalized spacial score (nSPS) is 25.8. The number of halogens is 2. The van der Waals surface area contributed by atoms with Gasteiger partial charge >= 0.3 is 0 Å². The van der Waals surface area contributed by atoms with Crippen LogP contribution in [0.2, 0.25) is 0 Å². The number of alkyl halides is 1. The summed E-state index contributed by atoms with van der Waals surface area (Å²) in [6.45, 7) is 4.00. The summed E-state index contributed by atoms with van der Waals surface area (Å²) in [7, 11) is 3.44. The van der Waals surface area contributed by atoms with E-state index < -0.39 is 36.1 Å². The van der Waals surface area contributed by atoms with E-state index in [0.29, 0.717) is 32.1 Å². The molecule has 12 nitrogen and oxygen atoms in total. The molecule has 4 heterocycles. The molecule has 4 atom stereocenters. The van der Waals surface area contributed by atoms with Gasteiger partial charge in [0.25, 0.3) is 0 Å². The zero-order valence-electron chi connectivity index (χ0n) is 21.9.